The molecule has 2 aromatic carbocycles. The minimum absolute atomic E-state index is 0.00857. The number of methoxy groups -OCH3 is 2. The molecule has 3 atom stereocenters. The van der Waals surface area contributed by atoms with E-state index in [1.165, 1.54) is 0 Å². The Morgan fingerprint density at radius 3 is 2.45 bits per heavy atom. The van der Waals surface area contributed by atoms with Crippen LogP contribution in [0.4, 0.5) is 0 Å². The molecule has 1 saturated heterocycles. The number of carbonyl (C=O) groups is 2. The summed E-state index contributed by atoms with van der Waals surface area (Å²) >= 11 is 0. The number of fused-ring (bicyclic) bond motifs is 1. The lowest BCUT2D eigenvalue weighted by atomic mass is 9.94. The summed E-state index contributed by atoms with van der Waals surface area (Å²) in [6.07, 6.45) is 0.623. The van der Waals surface area contributed by atoms with E-state index < -0.39 is 6.10 Å². The molecule has 0 radical (unpaired) electrons. The van der Waals surface area contributed by atoms with Gasteiger partial charge in [-0.15, -0.1) is 0 Å². The first-order valence-electron chi connectivity index (χ1n) is 14.8. The van der Waals surface area contributed by atoms with Crippen LogP contribution in [0, 0.1) is 11.8 Å². The van der Waals surface area contributed by atoms with Gasteiger partial charge in [-0.3, -0.25) is 9.59 Å². The van der Waals surface area contributed by atoms with Crippen molar-refractivity contribution in [1.82, 2.24) is 15.1 Å². The number of hydrogen-bond acceptors (Lipinski definition) is 8. The van der Waals surface area contributed by atoms with Crippen molar-refractivity contribution in [2.24, 2.45) is 11.8 Å². The molecule has 0 bridgehead atoms. The largest absolute Gasteiger partial charge is 0.493 e. The fraction of sp³-hybridized carbons (Fsp3) is 0.562. The van der Waals surface area contributed by atoms with E-state index >= 15 is 0 Å². The number of para-hydroxylation sites is 2. The maximum Gasteiger partial charge on any atom is 0.263 e. The number of amides is 2. The maximum absolute atomic E-state index is 13.8. The molecule has 2 aliphatic heterocycles. The van der Waals surface area contributed by atoms with Crippen molar-refractivity contribution >= 4 is 11.8 Å². The fourth-order valence-corrected chi connectivity index (χ4v) is 5.49. The molecule has 0 saturated carbocycles. The van der Waals surface area contributed by atoms with Gasteiger partial charge in [0.1, 0.15) is 0 Å². The minimum atomic E-state index is -0.596. The van der Waals surface area contributed by atoms with Crippen LogP contribution in [-0.4, -0.2) is 101 Å². The van der Waals surface area contributed by atoms with Crippen LogP contribution in [0.15, 0.2) is 42.5 Å². The van der Waals surface area contributed by atoms with Gasteiger partial charge in [-0.25, -0.2) is 0 Å². The normalized spacial score (nSPS) is 19.7. The zero-order chi connectivity index (χ0) is 30.1. The number of nitrogens with one attached hydrogen (secondary N) is 1. The predicted octanol–water partition coefficient (Wildman–Crippen LogP) is 3.49. The number of hydrogen-bond donors (Lipinski definition) is 1. The summed E-state index contributed by atoms with van der Waals surface area (Å²) in [6.45, 7) is 8.24. The highest BCUT2D eigenvalue weighted by molar-refractivity contribution is 5.95. The van der Waals surface area contributed by atoms with E-state index in [2.05, 4.69) is 5.32 Å². The summed E-state index contributed by atoms with van der Waals surface area (Å²) in [5, 5.41) is 3.48. The molecule has 2 aromatic rings. The summed E-state index contributed by atoms with van der Waals surface area (Å²) in [5.41, 5.74) is 0.550. The van der Waals surface area contributed by atoms with E-state index in [0.717, 1.165) is 19.5 Å². The zero-order valence-electron chi connectivity index (χ0n) is 25.5. The maximum atomic E-state index is 13.8. The lowest BCUT2D eigenvalue weighted by molar-refractivity contribution is -0.138. The third kappa shape index (κ3) is 7.86. The third-order valence-corrected chi connectivity index (χ3v) is 7.87. The van der Waals surface area contributed by atoms with E-state index in [0.29, 0.717) is 67.9 Å². The highest BCUT2D eigenvalue weighted by atomic mass is 16.5. The second-order valence-corrected chi connectivity index (χ2v) is 11.2. The summed E-state index contributed by atoms with van der Waals surface area (Å²) in [7, 11) is 5.07. The summed E-state index contributed by atoms with van der Waals surface area (Å²) in [6, 6.07) is 12.7. The third-order valence-electron chi connectivity index (χ3n) is 7.87. The van der Waals surface area contributed by atoms with Gasteiger partial charge in [-0.2, -0.15) is 0 Å². The Morgan fingerprint density at radius 2 is 1.74 bits per heavy atom. The second-order valence-electron chi connectivity index (χ2n) is 11.2. The average Bonchev–Trinajstić information content (AvgIpc) is 3.31. The standard InChI is InChI=1S/C32H45N3O7/c1-22(2)35(31(36)23-11-12-26(39-5)30(17-23)40-15-8-14-38-4)21-25-19-33-18-24(25)20-34(3)32(37)29-13-16-41-27-9-6-7-10-28(27)42-29/h6-7,9-12,17,22,24-25,29,33H,8,13-16,18-21H2,1-5H3/t24-,25-,29?/m0/s1. The van der Waals surface area contributed by atoms with Crippen LogP contribution in [0.2, 0.25) is 0 Å². The Kier molecular flexibility index (Phi) is 11.3. The first-order chi connectivity index (χ1) is 20.3. The first kappa shape index (κ1) is 31.4. The van der Waals surface area contributed by atoms with Gasteiger partial charge >= 0.3 is 0 Å². The van der Waals surface area contributed by atoms with E-state index in [1.807, 2.05) is 50.1 Å². The van der Waals surface area contributed by atoms with E-state index in [1.54, 1.807) is 37.3 Å². The topological polar surface area (TPSA) is 98.8 Å². The Labute approximate surface area is 249 Å². The monoisotopic (exact) mass is 583 g/mol. The van der Waals surface area contributed by atoms with Crippen molar-refractivity contribution in [1.29, 1.82) is 0 Å². The number of rotatable bonds is 13. The number of ether oxygens (including phenoxy) is 5. The molecular formula is C32H45N3O7. The number of nitrogens with zero attached hydrogens (tertiary/aromatic N) is 2. The van der Waals surface area contributed by atoms with E-state index in [-0.39, 0.29) is 29.7 Å². The Bertz CT molecular complexity index is 1190. The molecule has 2 amide bonds. The van der Waals surface area contributed by atoms with Gasteiger partial charge in [-0.05, 0) is 56.0 Å². The van der Waals surface area contributed by atoms with Gasteiger partial charge in [0.2, 0.25) is 0 Å². The Balaban J connectivity index is 1.40. The second kappa shape index (κ2) is 15.1. The van der Waals surface area contributed by atoms with Crippen molar-refractivity contribution in [3.8, 4) is 23.0 Å². The number of likely N-dealkylation sites (N-methyl/N-ethyl adjacent to an activating group) is 1. The fourth-order valence-electron chi connectivity index (χ4n) is 5.49. The molecule has 1 unspecified atom stereocenters. The number of carbonyl (C=O) groups excluding carboxylic acids is 2. The molecule has 230 valence electrons. The van der Waals surface area contributed by atoms with Crippen molar-refractivity contribution < 1.29 is 33.3 Å². The van der Waals surface area contributed by atoms with Crippen LogP contribution in [0.25, 0.3) is 0 Å². The quantitative estimate of drug-likeness (QED) is 0.358. The highest BCUT2D eigenvalue weighted by Crippen LogP contribution is 2.32. The molecule has 2 aliphatic rings. The van der Waals surface area contributed by atoms with Crippen LogP contribution in [0.5, 0.6) is 23.0 Å². The lowest BCUT2D eigenvalue weighted by Crippen LogP contribution is -2.46. The Hall–Kier alpha value is -3.50. The van der Waals surface area contributed by atoms with E-state index in [4.69, 9.17) is 23.7 Å². The molecule has 1 N–H and O–H groups in total. The lowest BCUT2D eigenvalue weighted by Gasteiger charge is -2.33. The molecule has 0 aliphatic carbocycles. The van der Waals surface area contributed by atoms with Crippen LogP contribution in [0.3, 0.4) is 0 Å². The summed E-state index contributed by atoms with van der Waals surface area (Å²) in [5.74, 6) is 2.64. The summed E-state index contributed by atoms with van der Waals surface area (Å²) < 4.78 is 28.3. The van der Waals surface area contributed by atoms with Crippen LogP contribution in [-0.2, 0) is 9.53 Å². The van der Waals surface area contributed by atoms with Gasteiger partial charge in [0.15, 0.2) is 29.1 Å². The molecule has 42 heavy (non-hydrogen) atoms. The molecule has 0 spiro atoms. The SMILES string of the molecule is COCCCOc1cc(C(=O)N(C[C@@H]2CNC[C@H]2CN(C)C(=O)C2CCOc3ccccc3O2)C(C)C)ccc1OC. The predicted molar refractivity (Wildman–Crippen MR) is 160 cm³/mol. The number of benzene rings is 2. The van der Waals surface area contributed by atoms with Gasteiger partial charge < -0.3 is 38.8 Å². The van der Waals surface area contributed by atoms with Crippen LogP contribution < -0.4 is 24.3 Å². The van der Waals surface area contributed by atoms with E-state index in [9.17, 15) is 9.59 Å². The van der Waals surface area contributed by atoms with Crippen LogP contribution >= 0.6 is 0 Å². The van der Waals surface area contributed by atoms with Crippen molar-refractivity contribution in [2.75, 3.05) is 67.3 Å². The average molecular weight is 584 g/mol. The minimum Gasteiger partial charge on any atom is -0.493 e. The smallest absolute Gasteiger partial charge is 0.263 e. The first-order valence-corrected chi connectivity index (χ1v) is 14.8. The van der Waals surface area contributed by atoms with Crippen LogP contribution in [0.1, 0.15) is 37.0 Å². The Morgan fingerprint density at radius 1 is 1.00 bits per heavy atom. The molecule has 2 heterocycles. The highest BCUT2D eigenvalue weighted by Gasteiger charge is 2.35. The van der Waals surface area contributed by atoms with Gasteiger partial charge in [0, 0.05) is 71.4 Å². The zero-order valence-corrected chi connectivity index (χ0v) is 25.5. The molecule has 0 aromatic heterocycles. The molecule has 10 heteroatoms. The van der Waals surface area contributed by atoms with Gasteiger partial charge in [0.05, 0.1) is 20.3 Å². The van der Waals surface area contributed by atoms with Crippen molar-refractivity contribution in [3.63, 3.8) is 0 Å². The van der Waals surface area contributed by atoms with Crippen molar-refractivity contribution in [3.05, 3.63) is 48.0 Å². The molecular weight excluding hydrogens is 538 g/mol. The van der Waals surface area contributed by atoms with Crippen molar-refractivity contribution in [2.45, 2.75) is 38.8 Å². The molecule has 4 rings (SSSR count). The van der Waals surface area contributed by atoms with Gasteiger partial charge in [0.25, 0.3) is 11.8 Å². The summed E-state index contributed by atoms with van der Waals surface area (Å²) in [4.78, 5) is 30.9. The molecule has 1 fully saturated rings. The van der Waals surface area contributed by atoms with Gasteiger partial charge in [-0.1, -0.05) is 12.1 Å². The molecule has 10 nitrogen and oxygen atoms in total.